The van der Waals surface area contributed by atoms with Gasteiger partial charge in [-0.15, -0.1) is 0 Å². The third-order valence-electron chi connectivity index (χ3n) is 3.40. The molecule has 1 fully saturated rings. The van der Waals surface area contributed by atoms with E-state index in [-0.39, 0.29) is 0 Å². The summed E-state index contributed by atoms with van der Waals surface area (Å²) in [6, 6.07) is 5.93. The van der Waals surface area contributed by atoms with Gasteiger partial charge in [0.15, 0.2) is 0 Å². The highest BCUT2D eigenvalue weighted by Crippen LogP contribution is 2.23. The Hall–Kier alpha value is -0.930. The highest BCUT2D eigenvalue weighted by molar-refractivity contribution is 6.31. The molecule has 1 atom stereocenters. The SMILES string of the molecule is CC(CN1CCCCC1)Nc1cc(Cl)ccc1N. The average molecular weight is 268 g/mol. The summed E-state index contributed by atoms with van der Waals surface area (Å²) in [5, 5.41) is 4.17. The number of benzene rings is 1. The molecule has 1 saturated heterocycles. The van der Waals surface area contributed by atoms with Crippen LogP contribution in [0.4, 0.5) is 11.4 Å². The van der Waals surface area contributed by atoms with Gasteiger partial charge in [-0.3, -0.25) is 0 Å². The summed E-state index contributed by atoms with van der Waals surface area (Å²) in [5.74, 6) is 0. The Labute approximate surface area is 114 Å². The van der Waals surface area contributed by atoms with E-state index in [1.165, 1.54) is 32.4 Å². The van der Waals surface area contributed by atoms with Gasteiger partial charge in [0.2, 0.25) is 0 Å². The van der Waals surface area contributed by atoms with Gasteiger partial charge in [0.05, 0.1) is 11.4 Å². The number of rotatable bonds is 4. The third kappa shape index (κ3) is 3.79. The van der Waals surface area contributed by atoms with Gasteiger partial charge in [-0.2, -0.15) is 0 Å². The number of hydrogen-bond acceptors (Lipinski definition) is 3. The van der Waals surface area contributed by atoms with E-state index in [0.717, 1.165) is 22.9 Å². The van der Waals surface area contributed by atoms with Crippen molar-refractivity contribution < 1.29 is 0 Å². The van der Waals surface area contributed by atoms with Crippen molar-refractivity contribution in [3.63, 3.8) is 0 Å². The molecule has 3 nitrogen and oxygen atoms in total. The van der Waals surface area contributed by atoms with Gasteiger partial charge in [0, 0.05) is 17.6 Å². The Morgan fingerprint density at radius 3 is 2.78 bits per heavy atom. The summed E-state index contributed by atoms with van der Waals surface area (Å²) >= 11 is 5.99. The van der Waals surface area contributed by atoms with Crippen LogP contribution in [0.25, 0.3) is 0 Å². The van der Waals surface area contributed by atoms with Crippen LogP contribution in [-0.2, 0) is 0 Å². The van der Waals surface area contributed by atoms with Crippen LogP contribution in [0.3, 0.4) is 0 Å². The molecule has 0 spiro atoms. The number of piperidine rings is 1. The second-order valence-electron chi connectivity index (χ2n) is 5.14. The molecule has 100 valence electrons. The van der Waals surface area contributed by atoms with Crippen molar-refractivity contribution in [3.8, 4) is 0 Å². The van der Waals surface area contributed by atoms with Crippen LogP contribution in [0.15, 0.2) is 18.2 Å². The number of nitrogens with one attached hydrogen (secondary N) is 1. The van der Waals surface area contributed by atoms with Gasteiger partial charge in [0.1, 0.15) is 0 Å². The van der Waals surface area contributed by atoms with E-state index in [1.807, 2.05) is 18.2 Å². The Kier molecular flexibility index (Phi) is 4.72. The first-order chi connectivity index (χ1) is 8.65. The largest absolute Gasteiger partial charge is 0.397 e. The molecule has 18 heavy (non-hydrogen) atoms. The van der Waals surface area contributed by atoms with Crippen LogP contribution in [-0.4, -0.2) is 30.6 Å². The van der Waals surface area contributed by atoms with Crippen LogP contribution in [0.2, 0.25) is 5.02 Å². The molecule has 0 bridgehead atoms. The van der Waals surface area contributed by atoms with E-state index < -0.39 is 0 Å². The van der Waals surface area contributed by atoms with Crippen molar-refractivity contribution in [1.82, 2.24) is 4.90 Å². The topological polar surface area (TPSA) is 41.3 Å². The highest BCUT2D eigenvalue weighted by atomic mass is 35.5. The minimum absolute atomic E-state index is 0.379. The zero-order valence-corrected chi connectivity index (χ0v) is 11.7. The standard InChI is InChI=1S/C14H22ClN3/c1-11(10-18-7-3-2-4-8-18)17-14-9-12(15)5-6-13(14)16/h5-6,9,11,17H,2-4,7-8,10,16H2,1H3. The molecule has 0 aliphatic carbocycles. The van der Waals surface area contributed by atoms with Gasteiger partial charge in [0.25, 0.3) is 0 Å². The number of anilines is 2. The van der Waals surface area contributed by atoms with E-state index in [1.54, 1.807) is 0 Å². The fourth-order valence-electron chi connectivity index (χ4n) is 2.49. The van der Waals surface area contributed by atoms with Gasteiger partial charge < -0.3 is 16.0 Å². The Morgan fingerprint density at radius 1 is 1.33 bits per heavy atom. The predicted molar refractivity (Wildman–Crippen MR) is 79.2 cm³/mol. The predicted octanol–water partition coefficient (Wildman–Crippen LogP) is 3.21. The minimum atomic E-state index is 0.379. The van der Waals surface area contributed by atoms with Crippen molar-refractivity contribution >= 4 is 23.0 Å². The van der Waals surface area contributed by atoms with Crippen LogP contribution in [0.1, 0.15) is 26.2 Å². The molecule has 1 aromatic rings. The lowest BCUT2D eigenvalue weighted by atomic mass is 10.1. The first kappa shape index (κ1) is 13.5. The Balaban J connectivity index is 1.89. The van der Waals surface area contributed by atoms with Gasteiger partial charge in [-0.25, -0.2) is 0 Å². The molecule has 4 heteroatoms. The highest BCUT2D eigenvalue weighted by Gasteiger charge is 2.13. The molecule has 1 aromatic carbocycles. The van der Waals surface area contributed by atoms with E-state index >= 15 is 0 Å². The smallest absolute Gasteiger partial charge is 0.0591 e. The Bertz CT molecular complexity index is 389. The zero-order valence-electron chi connectivity index (χ0n) is 11.0. The molecule has 1 unspecified atom stereocenters. The summed E-state index contributed by atoms with van der Waals surface area (Å²) in [4.78, 5) is 2.52. The average Bonchev–Trinajstić information content (AvgIpc) is 2.35. The minimum Gasteiger partial charge on any atom is -0.397 e. The fraction of sp³-hybridized carbons (Fsp3) is 0.571. The number of hydrogen-bond donors (Lipinski definition) is 2. The van der Waals surface area contributed by atoms with Crippen molar-refractivity contribution in [3.05, 3.63) is 23.2 Å². The van der Waals surface area contributed by atoms with Gasteiger partial charge in [-0.1, -0.05) is 18.0 Å². The first-order valence-corrected chi connectivity index (χ1v) is 7.07. The van der Waals surface area contributed by atoms with Crippen molar-refractivity contribution in [2.45, 2.75) is 32.2 Å². The maximum Gasteiger partial charge on any atom is 0.0591 e. The Morgan fingerprint density at radius 2 is 2.06 bits per heavy atom. The molecule has 0 radical (unpaired) electrons. The molecule has 0 saturated carbocycles. The van der Waals surface area contributed by atoms with Crippen molar-refractivity contribution in [2.24, 2.45) is 0 Å². The lowest BCUT2D eigenvalue weighted by Crippen LogP contribution is -2.38. The molecule has 1 aliphatic heterocycles. The molecule has 1 aliphatic rings. The molecule has 2 rings (SSSR count). The molecular formula is C14H22ClN3. The van der Waals surface area contributed by atoms with Crippen LogP contribution in [0.5, 0.6) is 0 Å². The van der Waals surface area contributed by atoms with E-state index in [0.29, 0.717) is 6.04 Å². The van der Waals surface area contributed by atoms with E-state index in [9.17, 15) is 0 Å². The lowest BCUT2D eigenvalue weighted by molar-refractivity contribution is 0.223. The fourth-order valence-corrected chi connectivity index (χ4v) is 2.67. The van der Waals surface area contributed by atoms with Crippen LogP contribution < -0.4 is 11.1 Å². The molecule has 0 aromatic heterocycles. The lowest BCUT2D eigenvalue weighted by Gasteiger charge is -2.30. The summed E-state index contributed by atoms with van der Waals surface area (Å²) < 4.78 is 0. The number of nitrogen functional groups attached to an aromatic ring is 1. The summed E-state index contributed by atoms with van der Waals surface area (Å²) in [6.07, 6.45) is 4.03. The van der Waals surface area contributed by atoms with Crippen molar-refractivity contribution in [2.75, 3.05) is 30.7 Å². The van der Waals surface area contributed by atoms with Crippen LogP contribution in [0, 0.1) is 0 Å². The maximum absolute atomic E-state index is 5.99. The molecule has 1 heterocycles. The molecule has 3 N–H and O–H groups in total. The van der Waals surface area contributed by atoms with Crippen molar-refractivity contribution in [1.29, 1.82) is 0 Å². The number of nitrogens with two attached hydrogens (primary N) is 1. The zero-order chi connectivity index (χ0) is 13.0. The normalized spacial score (nSPS) is 18.6. The summed E-state index contributed by atoms with van der Waals surface area (Å²) in [6.45, 7) is 5.69. The second kappa shape index (κ2) is 6.30. The summed E-state index contributed by atoms with van der Waals surface area (Å²) in [7, 11) is 0. The second-order valence-corrected chi connectivity index (χ2v) is 5.57. The van der Waals surface area contributed by atoms with E-state index in [4.69, 9.17) is 17.3 Å². The quantitative estimate of drug-likeness (QED) is 0.823. The van der Waals surface area contributed by atoms with Gasteiger partial charge in [-0.05, 0) is 51.1 Å². The maximum atomic E-state index is 5.99. The molecule has 0 amide bonds. The first-order valence-electron chi connectivity index (χ1n) is 6.69. The number of likely N-dealkylation sites (tertiary alicyclic amines) is 1. The summed E-state index contributed by atoms with van der Waals surface area (Å²) in [5.41, 5.74) is 7.63. The van der Waals surface area contributed by atoms with Gasteiger partial charge >= 0.3 is 0 Å². The monoisotopic (exact) mass is 267 g/mol. The van der Waals surface area contributed by atoms with E-state index in [2.05, 4.69) is 17.1 Å². The molecular weight excluding hydrogens is 246 g/mol. The number of nitrogens with zero attached hydrogens (tertiary/aromatic N) is 1. The van der Waals surface area contributed by atoms with Crippen LogP contribution >= 0.6 is 11.6 Å². The number of halogens is 1. The third-order valence-corrected chi connectivity index (χ3v) is 3.63.